The fourth-order valence-corrected chi connectivity index (χ4v) is 4.07. The van der Waals surface area contributed by atoms with E-state index in [0.29, 0.717) is 35.8 Å². The van der Waals surface area contributed by atoms with Crippen molar-refractivity contribution < 1.29 is 9.47 Å². The second kappa shape index (κ2) is 10.7. The van der Waals surface area contributed by atoms with Crippen LogP contribution in [0.5, 0.6) is 11.5 Å². The molecule has 0 aromatic heterocycles. The van der Waals surface area contributed by atoms with Crippen molar-refractivity contribution in [3.05, 3.63) is 58.6 Å². The molecule has 0 unspecified atom stereocenters. The molecular formula is C23H31ClN2O2. The summed E-state index contributed by atoms with van der Waals surface area (Å²) >= 11 is 6.55. The van der Waals surface area contributed by atoms with Crippen molar-refractivity contribution in [3.63, 3.8) is 0 Å². The van der Waals surface area contributed by atoms with E-state index in [0.717, 1.165) is 30.8 Å². The number of hydrogen-bond donors (Lipinski definition) is 1. The summed E-state index contributed by atoms with van der Waals surface area (Å²) in [6.45, 7) is 9.36. The fourth-order valence-electron chi connectivity index (χ4n) is 3.78. The maximum Gasteiger partial charge on any atom is 0.180 e. The van der Waals surface area contributed by atoms with Crippen LogP contribution in [0.3, 0.4) is 0 Å². The number of likely N-dealkylation sites (tertiary alicyclic amines) is 1. The molecule has 152 valence electrons. The third kappa shape index (κ3) is 5.63. The molecule has 28 heavy (non-hydrogen) atoms. The number of halogens is 1. The Labute approximate surface area is 173 Å². The highest BCUT2D eigenvalue weighted by Gasteiger charge is 2.22. The van der Waals surface area contributed by atoms with Crippen molar-refractivity contribution in [1.82, 2.24) is 10.2 Å². The number of nitrogens with zero attached hydrogens (tertiary/aromatic N) is 1. The average Bonchev–Trinajstić information content (AvgIpc) is 3.16. The Morgan fingerprint density at radius 3 is 2.68 bits per heavy atom. The molecular weight excluding hydrogens is 372 g/mol. The Morgan fingerprint density at radius 1 is 1.11 bits per heavy atom. The molecule has 3 rings (SSSR count). The first-order chi connectivity index (χ1) is 13.7. The van der Waals surface area contributed by atoms with Gasteiger partial charge in [-0.3, -0.25) is 4.90 Å². The number of ether oxygens (including phenoxy) is 2. The topological polar surface area (TPSA) is 33.7 Å². The van der Waals surface area contributed by atoms with E-state index in [9.17, 15) is 0 Å². The van der Waals surface area contributed by atoms with Gasteiger partial charge in [0.2, 0.25) is 0 Å². The first-order valence-corrected chi connectivity index (χ1v) is 10.7. The van der Waals surface area contributed by atoms with Crippen molar-refractivity contribution in [2.24, 2.45) is 0 Å². The van der Waals surface area contributed by atoms with E-state index >= 15 is 0 Å². The molecule has 4 nitrogen and oxygen atoms in total. The summed E-state index contributed by atoms with van der Waals surface area (Å²) in [6, 6.07) is 14.7. The monoisotopic (exact) mass is 402 g/mol. The van der Waals surface area contributed by atoms with Crippen LogP contribution >= 0.6 is 11.6 Å². The number of hydrogen-bond acceptors (Lipinski definition) is 4. The minimum Gasteiger partial charge on any atom is -0.490 e. The minimum absolute atomic E-state index is 0.465. The van der Waals surface area contributed by atoms with E-state index in [2.05, 4.69) is 17.1 Å². The highest BCUT2D eigenvalue weighted by Crippen LogP contribution is 2.37. The zero-order valence-corrected chi connectivity index (χ0v) is 17.7. The molecule has 2 aromatic carbocycles. The van der Waals surface area contributed by atoms with E-state index < -0.39 is 0 Å². The molecule has 2 aromatic rings. The predicted molar refractivity (Wildman–Crippen MR) is 115 cm³/mol. The van der Waals surface area contributed by atoms with E-state index in [4.69, 9.17) is 21.1 Å². The van der Waals surface area contributed by atoms with Crippen LogP contribution in [-0.4, -0.2) is 37.2 Å². The normalized spacial score (nSPS) is 17.0. The molecule has 1 atom stereocenters. The van der Waals surface area contributed by atoms with Gasteiger partial charge in [-0.1, -0.05) is 48.9 Å². The second-order valence-electron chi connectivity index (χ2n) is 7.17. The summed E-state index contributed by atoms with van der Waals surface area (Å²) in [7, 11) is 0. The third-order valence-corrected chi connectivity index (χ3v) is 5.49. The minimum atomic E-state index is 0.465. The van der Waals surface area contributed by atoms with Gasteiger partial charge >= 0.3 is 0 Å². The van der Waals surface area contributed by atoms with Crippen molar-refractivity contribution in [3.8, 4) is 11.5 Å². The molecule has 1 N–H and O–H groups in total. The first kappa shape index (κ1) is 21.0. The largest absolute Gasteiger partial charge is 0.490 e. The molecule has 1 aliphatic heterocycles. The molecule has 1 saturated heterocycles. The summed E-state index contributed by atoms with van der Waals surface area (Å²) < 4.78 is 11.8. The summed E-state index contributed by atoms with van der Waals surface area (Å²) in [4.78, 5) is 2.55. The van der Waals surface area contributed by atoms with Crippen molar-refractivity contribution >= 4 is 11.6 Å². The van der Waals surface area contributed by atoms with Crippen LogP contribution in [-0.2, 0) is 13.2 Å². The zero-order valence-electron chi connectivity index (χ0n) is 16.9. The zero-order chi connectivity index (χ0) is 19.8. The van der Waals surface area contributed by atoms with Gasteiger partial charge < -0.3 is 14.8 Å². The second-order valence-corrected chi connectivity index (χ2v) is 7.57. The Hall–Kier alpha value is -1.75. The van der Waals surface area contributed by atoms with Gasteiger partial charge in [0.15, 0.2) is 11.5 Å². The Balaban J connectivity index is 1.62. The number of nitrogens with one attached hydrogen (secondary N) is 1. The van der Waals surface area contributed by atoms with E-state index in [1.165, 1.54) is 19.4 Å². The van der Waals surface area contributed by atoms with Gasteiger partial charge in [-0.2, -0.15) is 0 Å². The van der Waals surface area contributed by atoms with Crippen LogP contribution in [0.4, 0.5) is 0 Å². The van der Waals surface area contributed by atoms with Crippen LogP contribution < -0.4 is 14.8 Å². The van der Waals surface area contributed by atoms with Crippen molar-refractivity contribution in [2.45, 2.75) is 45.9 Å². The lowest BCUT2D eigenvalue weighted by molar-refractivity contribution is 0.259. The smallest absolute Gasteiger partial charge is 0.180 e. The highest BCUT2D eigenvalue weighted by atomic mass is 35.5. The highest BCUT2D eigenvalue weighted by molar-refractivity contribution is 6.32. The number of rotatable bonds is 10. The standard InChI is InChI=1S/C23H31ClN2O2/c1-3-26-12-8-11-20(26)16-25-15-19-13-21(24)23(22(14-19)27-4-2)28-17-18-9-6-5-7-10-18/h5-7,9-10,13-14,20,25H,3-4,8,11-12,15-17H2,1-2H3/t20-/m0/s1. The van der Waals surface area contributed by atoms with Crippen LogP contribution in [0.1, 0.15) is 37.8 Å². The molecule has 5 heteroatoms. The Kier molecular flexibility index (Phi) is 8.01. The molecule has 0 amide bonds. The quantitative estimate of drug-likeness (QED) is 0.613. The van der Waals surface area contributed by atoms with E-state index in [1.807, 2.05) is 49.4 Å². The molecule has 0 radical (unpaired) electrons. The van der Waals surface area contributed by atoms with Gasteiger partial charge in [-0.05, 0) is 56.1 Å². The lowest BCUT2D eigenvalue weighted by Crippen LogP contribution is -2.37. The summed E-state index contributed by atoms with van der Waals surface area (Å²) in [6.07, 6.45) is 2.58. The summed E-state index contributed by atoms with van der Waals surface area (Å²) in [5.74, 6) is 1.32. The lowest BCUT2D eigenvalue weighted by atomic mass is 10.1. The van der Waals surface area contributed by atoms with Crippen molar-refractivity contribution in [1.29, 1.82) is 0 Å². The van der Waals surface area contributed by atoms with Crippen LogP contribution in [0.25, 0.3) is 0 Å². The average molecular weight is 403 g/mol. The van der Waals surface area contributed by atoms with Gasteiger partial charge in [0, 0.05) is 19.1 Å². The Morgan fingerprint density at radius 2 is 1.93 bits per heavy atom. The maximum absolute atomic E-state index is 6.55. The molecule has 1 aliphatic rings. The summed E-state index contributed by atoms with van der Waals surface area (Å²) in [5, 5.41) is 4.18. The number of benzene rings is 2. The van der Waals surface area contributed by atoms with Crippen LogP contribution in [0.2, 0.25) is 5.02 Å². The lowest BCUT2D eigenvalue weighted by Gasteiger charge is -2.23. The van der Waals surface area contributed by atoms with E-state index in [1.54, 1.807) is 0 Å². The molecule has 1 fully saturated rings. The number of likely N-dealkylation sites (N-methyl/N-ethyl adjacent to an activating group) is 1. The molecule has 1 heterocycles. The third-order valence-electron chi connectivity index (χ3n) is 5.21. The fraction of sp³-hybridized carbons (Fsp3) is 0.478. The molecule has 0 spiro atoms. The predicted octanol–water partition coefficient (Wildman–Crippen LogP) is 4.89. The first-order valence-electron chi connectivity index (χ1n) is 10.3. The summed E-state index contributed by atoms with van der Waals surface area (Å²) in [5.41, 5.74) is 2.21. The van der Waals surface area contributed by atoms with Crippen LogP contribution in [0.15, 0.2) is 42.5 Å². The molecule has 0 saturated carbocycles. The van der Waals surface area contributed by atoms with Crippen LogP contribution in [0, 0.1) is 0 Å². The van der Waals surface area contributed by atoms with Gasteiger partial charge in [0.1, 0.15) is 6.61 Å². The Bertz CT molecular complexity index is 739. The van der Waals surface area contributed by atoms with E-state index in [-0.39, 0.29) is 0 Å². The van der Waals surface area contributed by atoms with Gasteiger partial charge in [0.25, 0.3) is 0 Å². The SMILES string of the molecule is CCOc1cc(CNC[C@@H]2CCCN2CC)cc(Cl)c1OCc1ccccc1. The maximum atomic E-state index is 6.55. The van der Waals surface area contributed by atoms with Crippen molar-refractivity contribution in [2.75, 3.05) is 26.2 Å². The molecule has 0 aliphatic carbocycles. The molecule has 0 bridgehead atoms. The van der Waals surface area contributed by atoms with Gasteiger partial charge in [-0.25, -0.2) is 0 Å². The van der Waals surface area contributed by atoms with Gasteiger partial charge in [-0.15, -0.1) is 0 Å². The van der Waals surface area contributed by atoms with Gasteiger partial charge in [0.05, 0.1) is 11.6 Å².